The van der Waals surface area contributed by atoms with E-state index in [0.29, 0.717) is 54.9 Å². The number of hydrogen-bond acceptors (Lipinski definition) is 6. The average Bonchev–Trinajstić information content (AvgIpc) is 3.18. The van der Waals surface area contributed by atoms with E-state index in [1.165, 1.54) is 16.4 Å². The molecule has 7 nitrogen and oxygen atoms in total. The van der Waals surface area contributed by atoms with E-state index in [-0.39, 0.29) is 5.82 Å². The Bertz CT molecular complexity index is 1030. The second-order valence-electron chi connectivity index (χ2n) is 6.51. The van der Waals surface area contributed by atoms with Crippen LogP contribution in [-0.4, -0.2) is 53.9 Å². The first-order valence-electron chi connectivity index (χ1n) is 8.88. The molecule has 1 aromatic heterocycles. The summed E-state index contributed by atoms with van der Waals surface area (Å²) in [6.07, 6.45) is 0. The number of rotatable bonds is 5. The zero-order chi connectivity index (χ0) is 19.6. The van der Waals surface area contributed by atoms with Crippen LogP contribution in [0.25, 0.3) is 11.4 Å². The van der Waals surface area contributed by atoms with E-state index in [9.17, 15) is 12.8 Å². The fourth-order valence-electron chi connectivity index (χ4n) is 3.10. The SMILES string of the molecule is O=S(=O)(c1ccccc1)N1CCN(Cc2nc(-c3ccc(F)cc3)no2)CC1. The number of halogens is 1. The molecule has 0 amide bonds. The first kappa shape index (κ1) is 18.7. The summed E-state index contributed by atoms with van der Waals surface area (Å²) in [5.74, 6) is 0.523. The largest absolute Gasteiger partial charge is 0.338 e. The third-order valence-corrected chi connectivity index (χ3v) is 6.55. The van der Waals surface area contributed by atoms with Crippen molar-refractivity contribution in [1.29, 1.82) is 0 Å². The molecule has 1 saturated heterocycles. The lowest BCUT2D eigenvalue weighted by atomic mass is 10.2. The lowest BCUT2D eigenvalue weighted by Crippen LogP contribution is -2.48. The lowest BCUT2D eigenvalue weighted by molar-refractivity contribution is 0.163. The minimum Gasteiger partial charge on any atom is -0.338 e. The van der Waals surface area contributed by atoms with Crippen molar-refractivity contribution in [3.05, 3.63) is 66.3 Å². The van der Waals surface area contributed by atoms with E-state index in [1.54, 1.807) is 42.5 Å². The molecule has 4 rings (SSSR count). The number of sulfonamides is 1. The van der Waals surface area contributed by atoms with Crippen LogP contribution in [0.1, 0.15) is 5.89 Å². The van der Waals surface area contributed by atoms with Gasteiger partial charge in [0.2, 0.25) is 21.7 Å². The smallest absolute Gasteiger partial charge is 0.243 e. The van der Waals surface area contributed by atoms with Crippen LogP contribution in [0.4, 0.5) is 4.39 Å². The summed E-state index contributed by atoms with van der Waals surface area (Å²) < 4.78 is 45.2. The fraction of sp³-hybridized carbons (Fsp3) is 0.263. The molecule has 2 aromatic carbocycles. The van der Waals surface area contributed by atoms with E-state index >= 15 is 0 Å². The zero-order valence-corrected chi connectivity index (χ0v) is 15.8. The van der Waals surface area contributed by atoms with Crippen LogP contribution in [0.5, 0.6) is 0 Å². The number of hydrogen-bond donors (Lipinski definition) is 0. The van der Waals surface area contributed by atoms with Crippen LogP contribution in [0.15, 0.2) is 64.0 Å². The molecule has 0 atom stereocenters. The standard InChI is InChI=1S/C19H19FN4O3S/c20-16-8-6-15(7-9-16)19-21-18(27-22-19)14-23-10-12-24(13-11-23)28(25,26)17-4-2-1-3-5-17/h1-9H,10-14H2. The molecule has 0 unspecified atom stereocenters. The summed E-state index contributed by atoms with van der Waals surface area (Å²) in [5, 5.41) is 3.93. The number of piperazine rings is 1. The van der Waals surface area contributed by atoms with Gasteiger partial charge in [-0.1, -0.05) is 23.4 Å². The topological polar surface area (TPSA) is 79.5 Å². The highest BCUT2D eigenvalue weighted by Crippen LogP contribution is 2.19. The number of aromatic nitrogens is 2. The van der Waals surface area contributed by atoms with Gasteiger partial charge in [-0.3, -0.25) is 4.90 Å². The van der Waals surface area contributed by atoms with E-state index in [4.69, 9.17) is 4.52 Å². The van der Waals surface area contributed by atoms with Gasteiger partial charge in [-0.2, -0.15) is 9.29 Å². The van der Waals surface area contributed by atoms with E-state index in [2.05, 4.69) is 15.0 Å². The van der Waals surface area contributed by atoms with Crippen LogP contribution in [0, 0.1) is 5.82 Å². The Hall–Kier alpha value is -2.62. The Morgan fingerprint density at radius 3 is 2.32 bits per heavy atom. The highest BCUT2D eigenvalue weighted by atomic mass is 32.2. The minimum absolute atomic E-state index is 0.310. The molecule has 0 radical (unpaired) electrons. The summed E-state index contributed by atoms with van der Waals surface area (Å²) in [5.41, 5.74) is 0.676. The minimum atomic E-state index is -3.47. The molecule has 2 heterocycles. The fourth-order valence-corrected chi connectivity index (χ4v) is 4.54. The molecule has 0 bridgehead atoms. The van der Waals surface area contributed by atoms with Gasteiger partial charge in [-0.05, 0) is 36.4 Å². The summed E-state index contributed by atoms with van der Waals surface area (Å²) >= 11 is 0. The van der Waals surface area contributed by atoms with Crippen LogP contribution >= 0.6 is 0 Å². The van der Waals surface area contributed by atoms with Crippen LogP contribution < -0.4 is 0 Å². The van der Waals surface area contributed by atoms with Crippen molar-refractivity contribution in [2.45, 2.75) is 11.4 Å². The molecular weight excluding hydrogens is 383 g/mol. The van der Waals surface area contributed by atoms with Crippen LogP contribution in [-0.2, 0) is 16.6 Å². The van der Waals surface area contributed by atoms with Gasteiger partial charge in [-0.25, -0.2) is 12.8 Å². The maximum absolute atomic E-state index is 13.0. The molecular formula is C19H19FN4O3S. The monoisotopic (exact) mass is 402 g/mol. The second kappa shape index (κ2) is 7.78. The van der Waals surface area contributed by atoms with Crippen molar-refractivity contribution in [1.82, 2.24) is 19.3 Å². The van der Waals surface area contributed by atoms with Gasteiger partial charge in [0.25, 0.3) is 0 Å². The quantitative estimate of drug-likeness (QED) is 0.652. The molecule has 3 aromatic rings. The van der Waals surface area contributed by atoms with Gasteiger partial charge >= 0.3 is 0 Å². The molecule has 1 aliphatic heterocycles. The van der Waals surface area contributed by atoms with E-state index in [0.717, 1.165) is 0 Å². The molecule has 0 spiro atoms. The maximum atomic E-state index is 13.0. The summed E-state index contributed by atoms with van der Waals surface area (Å²) in [4.78, 5) is 6.72. The van der Waals surface area contributed by atoms with E-state index < -0.39 is 10.0 Å². The van der Waals surface area contributed by atoms with Gasteiger partial charge in [0, 0.05) is 31.7 Å². The Balaban J connectivity index is 1.37. The molecule has 0 N–H and O–H groups in total. The van der Waals surface area contributed by atoms with Gasteiger partial charge in [0.05, 0.1) is 11.4 Å². The molecule has 0 saturated carbocycles. The Morgan fingerprint density at radius 2 is 1.64 bits per heavy atom. The normalized spacial score (nSPS) is 16.3. The first-order valence-corrected chi connectivity index (χ1v) is 10.3. The van der Waals surface area contributed by atoms with Crippen molar-refractivity contribution in [2.24, 2.45) is 0 Å². The Morgan fingerprint density at radius 1 is 0.964 bits per heavy atom. The van der Waals surface area contributed by atoms with Crippen molar-refractivity contribution in [2.75, 3.05) is 26.2 Å². The summed E-state index contributed by atoms with van der Waals surface area (Å²) in [6, 6.07) is 14.3. The molecule has 1 fully saturated rings. The van der Waals surface area contributed by atoms with Gasteiger partial charge in [0.15, 0.2) is 0 Å². The molecule has 146 valence electrons. The van der Waals surface area contributed by atoms with Gasteiger partial charge < -0.3 is 4.52 Å². The third-order valence-electron chi connectivity index (χ3n) is 4.64. The highest BCUT2D eigenvalue weighted by molar-refractivity contribution is 7.89. The molecule has 0 aliphatic carbocycles. The van der Waals surface area contributed by atoms with Crippen molar-refractivity contribution in [3.63, 3.8) is 0 Å². The lowest BCUT2D eigenvalue weighted by Gasteiger charge is -2.33. The average molecular weight is 402 g/mol. The van der Waals surface area contributed by atoms with Crippen LogP contribution in [0.2, 0.25) is 0 Å². The molecule has 9 heteroatoms. The summed E-state index contributed by atoms with van der Waals surface area (Å²) in [6.45, 7) is 2.38. The molecule has 1 aliphatic rings. The number of benzene rings is 2. The molecule has 28 heavy (non-hydrogen) atoms. The third kappa shape index (κ3) is 3.96. The van der Waals surface area contributed by atoms with Gasteiger partial charge in [0.1, 0.15) is 5.82 Å². The van der Waals surface area contributed by atoms with Crippen molar-refractivity contribution in [3.8, 4) is 11.4 Å². The maximum Gasteiger partial charge on any atom is 0.243 e. The first-order chi connectivity index (χ1) is 13.5. The summed E-state index contributed by atoms with van der Waals surface area (Å²) in [7, 11) is -3.47. The highest BCUT2D eigenvalue weighted by Gasteiger charge is 2.28. The van der Waals surface area contributed by atoms with Crippen LogP contribution in [0.3, 0.4) is 0 Å². The van der Waals surface area contributed by atoms with Crippen molar-refractivity contribution >= 4 is 10.0 Å². The van der Waals surface area contributed by atoms with E-state index in [1.807, 2.05) is 0 Å². The zero-order valence-electron chi connectivity index (χ0n) is 15.0. The van der Waals surface area contributed by atoms with Gasteiger partial charge in [-0.15, -0.1) is 0 Å². The predicted octanol–water partition coefficient (Wildman–Crippen LogP) is 2.38. The second-order valence-corrected chi connectivity index (χ2v) is 8.45. The Labute approximate surface area is 162 Å². The number of nitrogens with zero attached hydrogens (tertiary/aromatic N) is 4. The Kier molecular flexibility index (Phi) is 5.21. The predicted molar refractivity (Wildman–Crippen MR) is 100 cm³/mol. The van der Waals surface area contributed by atoms with Crippen molar-refractivity contribution < 1.29 is 17.3 Å².